The van der Waals surface area contributed by atoms with Crippen LogP contribution >= 0.6 is 11.3 Å². The molecule has 1 saturated heterocycles. The van der Waals surface area contributed by atoms with E-state index < -0.39 is 0 Å². The molecular weight excluding hydrogens is 298 g/mol. The summed E-state index contributed by atoms with van der Waals surface area (Å²) in [6.07, 6.45) is 5.15. The second kappa shape index (κ2) is 8.27. The number of likely N-dealkylation sites (tertiary alicyclic amines) is 1. The number of aromatic nitrogens is 1. The van der Waals surface area contributed by atoms with E-state index in [9.17, 15) is 9.59 Å². The average Bonchev–Trinajstić information content (AvgIpc) is 2.95. The third-order valence-electron chi connectivity index (χ3n) is 3.90. The third-order valence-corrected chi connectivity index (χ3v) is 4.70. The molecule has 1 aliphatic rings. The minimum Gasteiger partial charge on any atom is -0.342 e. The van der Waals surface area contributed by atoms with Crippen LogP contribution in [-0.4, -0.2) is 34.8 Å². The lowest BCUT2D eigenvalue weighted by Crippen LogP contribution is -2.43. The maximum atomic E-state index is 12.4. The van der Waals surface area contributed by atoms with Gasteiger partial charge >= 0.3 is 0 Å². The number of carbonyl (C=O) groups is 2. The number of carbonyl (C=O) groups excluding carboxylic acids is 2. The maximum absolute atomic E-state index is 12.4. The Kier molecular flexibility index (Phi) is 6.36. The van der Waals surface area contributed by atoms with Gasteiger partial charge in [0.25, 0.3) is 0 Å². The monoisotopic (exact) mass is 323 g/mol. The van der Waals surface area contributed by atoms with Crippen molar-refractivity contribution in [3.05, 3.63) is 11.1 Å². The summed E-state index contributed by atoms with van der Waals surface area (Å²) in [5.41, 5.74) is 1.03. The van der Waals surface area contributed by atoms with Gasteiger partial charge in [-0.2, -0.15) is 0 Å². The van der Waals surface area contributed by atoms with Gasteiger partial charge in [-0.1, -0.05) is 20.3 Å². The van der Waals surface area contributed by atoms with E-state index >= 15 is 0 Å². The average molecular weight is 323 g/mol. The van der Waals surface area contributed by atoms with Crippen LogP contribution in [0.15, 0.2) is 5.38 Å². The zero-order valence-electron chi connectivity index (χ0n) is 13.4. The zero-order chi connectivity index (χ0) is 15.9. The molecule has 2 rings (SSSR count). The van der Waals surface area contributed by atoms with Gasteiger partial charge in [-0.05, 0) is 25.7 Å². The van der Waals surface area contributed by atoms with E-state index in [1.54, 1.807) is 0 Å². The molecule has 1 fully saturated rings. The van der Waals surface area contributed by atoms with Gasteiger partial charge in [0.05, 0.1) is 11.6 Å². The smallest absolute Gasteiger partial charge is 0.231 e. The first-order valence-corrected chi connectivity index (χ1v) is 9.05. The Hall–Kier alpha value is -1.43. The molecule has 1 aromatic heterocycles. The SMILES string of the molecule is CCCC(=O)N1CCC[C@@H](C(=O)Nc2nc(CCC)cs2)C1. The van der Waals surface area contributed by atoms with E-state index in [-0.39, 0.29) is 17.7 Å². The van der Waals surface area contributed by atoms with Crippen molar-refractivity contribution in [2.75, 3.05) is 18.4 Å². The molecule has 1 N–H and O–H groups in total. The number of nitrogens with zero attached hydrogens (tertiary/aromatic N) is 2. The first kappa shape index (κ1) is 16.9. The van der Waals surface area contributed by atoms with Crippen LogP contribution in [0.4, 0.5) is 5.13 Å². The van der Waals surface area contributed by atoms with E-state index in [0.29, 0.717) is 18.1 Å². The Morgan fingerprint density at radius 2 is 2.23 bits per heavy atom. The number of anilines is 1. The van der Waals surface area contributed by atoms with Crippen molar-refractivity contribution in [3.63, 3.8) is 0 Å². The molecule has 0 unspecified atom stereocenters. The van der Waals surface area contributed by atoms with Crippen LogP contribution in [0.3, 0.4) is 0 Å². The summed E-state index contributed by atoms with van der Waals surface area (Å²) in [5, 5.41) is 5.58. The van der Waals surface area contributed by atoms with Gasteiger partial charge in [0.2, 0.25) is 11.8 Å². The fraction of sp³-hybridized carbons (Fsp3) is 0.688. The third kappa shape index (κ3) is 4.53. The van der Waals surface area contributed by atoms with Crippen molar-refractivity contribution in [2.45, 2.75) is 52.4 Å². The molecular formula is C16H25N3O2S. The number of nitrogens with one attached hydrogen (secondary N) is 1. The van der Waals surface area contributed by atoms with Crippen LogP contribution in [0.25, 0.3) is 0 Å². The first-order chi connectivity index (χ1) is 10.6. The molecule has 0 saturated carbocycles. The Balaban J connectivity index is 1.89. The molecule has 6 heteroatoms. The van der Waals surface area contributed by atoms with E-state index in [4.69, 9.17) is 0 Å². The van der Waals surface area contributed by atoms with Crippen molar-refractivity contribution < 1.29 is 9.59 Å². The lowest BCUT2D eigenvalue weighted by Gasteiger charge is -2.31. The van der Waals surface area contributed by atoms with Crippen molar-refractivity contribution in [1.29, 1.82) is 0 Å². The van der Waals surface area contributed by atoms with Gasteiger partial charge in [-0.3, -0.25) is 9.59 Å². The van der Waals surface area contributed by atoms with Gasteiger partial charge in [0.15, 0.2) is 5.13 Å². The largest absolute Gasteiger partial charge is 0.342 e. The van der Waals surface area contributed by atoms with Crippen LogP contribution < -0.4 is 5.32 Å². The molecule has 1 aliphatic heterocycles. The fourth-order valence-electron chi connectivity index (χ4n) is 2.73. The number of rotatable bonds is 6. The van der Waals surface area contributed by atoms with Crippen molar-refractivity contribution in [1.82, 2.24) is 9.88 Å². The van der Waals surface area contributed by atoms with Gasteiger partial charge in [-0.15, -0.1) is 11.3 Å². The molecule has 0 bridgehead atoms. The van der Waals surface area contributed by atoms with Crippen LogP contribution in [-0.2, 0) is 16.0 Å². The number of hydrogen-bond donors (Lipinski definition) is 1. The van der Waals surface area contributed by atoms with Crippen LogP contribution in [0.1, 0.15) is 51.6 Å². The Labute approximate surface area is 136 Å². The summed E-state index contributed by atoms with van der Waals surface area (Å²) in [6, 6.07) is 0. The Morgan fingerprint density at radius 1 is 1.41 bits per heavy atom. The maximum Gasteiger partial charge on any atom is 0.231 e. The van der Waals surface area contributed by atoms with Gasteiger partial charge in [-0.25, -0.2) is 4.98 Å². The molecule has 2 heterocycles. The summed E-state index contributed by atoms with van der Waals surface area (Å²) in [5.74, 6) is 0.0407. The normalized spacial score (nSPS) is 18.3. The van der Waals surface area contributed by atoms with Crippen LogP contribution in [0.2, 0.25) is 0 Å². The summed E-state index contributed by atoms with van der Waals surface area (Å²) < 4.78 is 0. The van der Waals surface area contributed by atoms with Crippen molar-refractivity contribution >= 4 is 28.3 Å². The highest BCUT2D eigenvalue weighted by molar-refractivity contribution is 7.13. The predicted octanol–water partition coefficient (Wildman–Crippen LogP) is 3.07. The number of amides is 2. The highest BCUT2D eigenvalue weighted by atomic mass is 32.1. The van der Waals surface area contributed by atoms with E-state index in [2.05, 4.69) is 17.2 Å². The first-order valence-electron chi connectivity index (χ1n) is 8.17. The van der Waals surface area contributed by atoms with Crippen molar-refractivity contribution in [2.24, 2.45) is 5.92 Å². The predicted molar refractivity (Wildman–Crippen MR) is 89.0 cm³/mol. The van der Waals surface area contributed by atoms with Crippen molar-refractivity contribution in [3.8, 4) is 0 Å². The quantitative estimate of drug-likeness (QED) is 0.875. The lowest BCUT2D eigenvalue weighted by molar-refractivity contribution is -0.134. The molecule has 22 heavy (non-hydrogen) atoms. The summed E-state index contributed by atoms with van der Waals surface area (Å²) in [6.45, 7) is 5.43. The van der Waals surface area contributed by atoms with Crippen LogP contribution in [0.5, 0.6) is 0 Å². The molecule has 0 spiro atoms. The van der Waals surface area contributed by atoms with E-state index in [1.165, 1.54) is 11.3 Å². The molecule has 1 atom stereocenters. The Bertz CT molecular complexity index is 515. The van der Waals surface area contributed by atoms with Gasteiger partial charge in [0, 0.05) is 24.9 Å². The number of piperidine rings is 1. The summed E-state index contributed by atoms with van der Waals surface area (Å²) in [4.78, 5) is 30.6. The molecule has 0 radical (unpaired) electrons. The lowest BCUT2D eigenvalue weighted by atomic mass is 9.97. The standard InChI is InChI=1S/C16H25N3O2S/c1-3-6-13-11-22-16(17-13)18-15(21)12-8-5-9-19(10-12)14(20)7-4-2/h11-12H,3-10H2,1-2H3,(H,17,18,21)/t12-/m1/s1. The minimum atomic E-state index is -0.118. The topological polar surface area (TPSA) is 62.3 Å². The van der Waals surface area contributed by atoms with E-state index in [1.807, 2.05) is 17.2 Å². The van der Waals surface area contributed by atoms with Gasteiger partial charge in [0.1, 0.15) is 0 Å². The molecule has 0 aromatic carbocycles. The zero-order valence-corrected chi connectivity index (χ0v) is 14.2. The highest BCUT2D eigenvalue weighted by Gasteiger charge is 2.28. The Morgan fingerprint density at radius 3 is 2.95 bits per heavy atom. The number of aryl methyl sites for hydroxylation is 1. The number of hydrogen-bond acceptors (Lipinski definition) is 4. The molecule has 122 valence electrons. The molecule has 1 aromatic rings. The fourth-order valence-corrected chi connectivity index (χ4v) is 3.48. The molecule has 0 aliphatic carbocycles. The second-order valence-corrected chi connectivity index (χ2v) is 6.67. The van der Waals surface area contributed by atoms with E-state index in [0.717, 1.165) is 44.3 Å². The summed E-state index contributed by atoms with van der Waals surface area (Å²) >= 11 is 1.47. The van der Waals surface area contributed by atoms with Gasteiger partial charge < -0.3 is 10.2 Å². The second-order valence-electron chi connectivity index (χ2n) is 5.81. The number of thiazole rings is 1. The molecule has 2 amide bonds. The van der Waals surface area contributed by atoms with Crippen LogP contribution in [0, 0.1) is 5.92 Å². The molecule has 5 nitrogen and oxygen atoms in total. The highest BCUT2D eigenvalue weighted by Crippen LogP contribution is 2.22. The minimum absolute atomic E-state index is 0.00797. The summed E-state index contributed by atoms with van der Waals surface area (Å²) in [7, 11) is 0.